The maximum absolute atomic E-state index is 5.78. The first-order valence-electron chi connectivity index (χ1n) is 4.93. The zero-order valence-electron chi connectivity index (χ0n) is 9.15. The van der Waals surface area contributed by atoms with Gasteiger partial charge in [-0.2, -0.15) is 0 Å². The van der Waals surface area contributed by atoms with Crippen LogP contribution < -0.4 is 11.5 Å². The van der Waals surface area contributed by atoms with E-state index in [1.54, 1.807) is 18.5 Å². The van der Waals surface area contributed by atoms with Crippen LogP contribution in [0.5, 0.6) is 0 Å². The van der Waals surface area contributed by atoms with Gasteiger partial charge in [-0.05, 0) is 18.6 Å². The van der Waals surface area contributed by atoms with Gasteiger partial charge in [0.15, 0.2) is 0 Å². The van der Waals surface area contributed by atoms with Gasteiger partial charge in [0.25, 0.3) is 0 Å². The summed E-state index contributed by atoms with van der Waals surface area (Å²) in [5.41, 5.74) is 13.6. The monoisotopic (exact) mass is 238 g/mol. The second-order valence-electron chi connectivity index (χ2n) is 3.27. The Bertz CT molecular complexity index is 412. The predicted octanol–water partition coefficient (Wildman–Crippen LogP) is 1.37. The molecule has 4 nitrogen and oxygen atoms in total. The van der Waals surface area contributed by atoms with Crippen LogP contribution in [0.1, 0.15) is 11.1 Å². The summed E-state index contributed by atoms with van der Waals surface area (Å²) in [6.45, 7) is 3.05. The summed E-state index contributed by atoms with van der Waals surface area (Å²) in [7, 11) is 0. The molecule has 0 saturated heterocycles. The Labute approximate surface area is 100 Å². The SMILES string of the molecule is Cc1cc(Cl)ncc1/C(C=NCCN)=C/N. The van der Waals surface area contributed by atoms with Crippen LogP contribution in [0.15, 0.2) is 23.5 Å². The Morgan fingerprint density at radius 2 is 2.38 bits per heavy atom. The number of allylic oxidation sites excluding steroid dienone is 1. The molecule has 0 amide bonds. The van der Waals surface area contributed by atoms with Crippen molar-refractivity contribution < 1.29 is 0 Å². The van der Waals surface area contributed by atoms with Gasteiger partial charge in [0.2, 0.25) is 0 Å². The summed E-state index contributed by atoms with van der Waals surface area (Å²) >= 11 is 5.78. The molecule has 0 aliphatic carbocycles. The zero-order valence-corrected chi connectivity index (χ0v) is 9.91. The molecule has 86 valence electrons. The molecule has 1 aromatic heterocycles. The number of halogens is 1. The van der Waals surface area contributed by atoms with E-state index >= 15 is 0 Å². The van der Waals surface area contributed by atoms with Crippen molar-refractivity contribution in [1.29, 1.82) is 0 Å². The van der Waals surface area contributed by atoms with Crippen LogP contribution in [-0.2, 0) is 0 Å². The van der Waals surface area contributed by atoms with Crippen molar-refractivity contribution in [2.24, 2.45) is 16.5 Å². The highest BCUT2D eigenvalue weighted by molar-refractivity contribution is 6.29. The lowest BCUT2D eigenvalue weighted by atomic mass is 10.1. The molecule has 0 aliphatic rings. The van der Waals surface area contributed by atoms with Crippen molar-refractivity contribution in [3.63, 3.8) is 0 Å². The Morgan fingerprint density at radius 1 is 1.62 bits per heavy atom. The largest absolute Gasteiger partial charge is 0.404 e. The predicted molar refractivity (Wildman–Crippen MR) is 68.6 cm³/mol. The molecule has 0 unspecified atom stereocenters. The first-order chi connectivity index (χ1) is 7.69. The zero-order chi connectivity index (χ0) is 12.0. The molecule has 1 rings (SSSR count). The second-order valence-corrected chi connectivity index (χ2v) is 3.66. The van der Waals surface area contributed by atoms with E-state index in [1.165, 1.54) is 6.20 Å². The number of hydrogen-bond acceptors (Lipinski definition) is 4. The molecule has 4 N–H and O–H groups in total. The fraction of sp³-hybridized carbons (Fsp3) is 0.273. The maximum Gasteiger partial charge on any atom is 0.129 e. The van der Waals surface area contributed by atoms with Crippen LogP contribution in [0, 0.1) is 6.92 Å². The van der Waals surface area contributed by atoms with E-state index in [-0.39, 0.29) is 0 Å². The quantitative estimate of drug-likeness (QED) is 0.614. The average Bonchev–Trinajstić information content (AvgIpc) is 2.26. The first kappa shape index (κ1) is 12.7. The molecule has 0 aromatic carbocycles. The van der Waals surface area contributed by atoms with Gasteiger partial charge in [0.1, 0.15) is 5.15 Å². The minimum absolute atomic E-state index is 0.469. The lowest BCUT2D eigenvalue weighted by molar-refractivity contribution is 0.981. The molecule has 16 heavy (non-hydrogen) atoms. The van der Waals surface area contributed by atoms with Crippen molar-refractivity contribution in [2.75, 3.05) is 13.1 Å². The van der Waals surface area contributed by atoms with Crippen LogP contribution in [0.3, 0.4) is 0 Å². The summed E-state index contributed by atoms with van der Waals surface area (Å²) in [5, 5.41) is 0.469. The molecular weight excluding hydrogens is 224 g/mol. The van der Waals surface area contributed by atoms with Crippen LogP contribution in [0.2, 0.25) is 5.15 Å². The highest BCUT2D eigenvalue weighted by Crippen LogP contribution is 2.18. The van der Waals surface area contributed by atoms with E-state index < -0.39 is 0 Å². The van der Waals surface area contributed by atoms with Gasteiger partial charge in [0, 0.05) is 36.3 Å². The lowest BCUT2D eigenvalue weighted by Gasteiger charge is -2.05. The van der Waals surface area contributed by atoms with Gasteiger partial charge >= 0.3 is 0 Å². The van der Waals surface area contributed by atoms with Crippen LogP contribution in [0.4, 0.5) is 0 Å². The summed E-state index contributed by atoms with van der Waals surface area (Å²) < 4.78 is 0. The number of aromatic nitrogens is 1. The molecule has 0 spiro atoms. The van der Waals surface area contributed by atoms with Crippen molar-refractivity contribution in [2.45, 2.75) is 6.92 Å². The molecule has 1 aromatic rings. The fourth-order valence-electron chi connectivity index (χ4n) is 1.26. The second kappa shape index (κ2) is 6.25. The molecule has 0 bridgehead atoms. The molecular formula is C11H15ClN4. The summed E-state index contributed by atoms with van der Waals surface area (Å²) in [5.74, 6) is 0. The first-order valence-corrected chi connectivity index (χ1v) is 5.31. The highest BCUT2D eigenvalue weighted by atomic mass is 35.5. The Morgan fingerprint density at radius 3 is 2.94 bits per heavy atom. The van der Waals surface area contributed by atoms with E-state index in [0.29, 0.717) is 18.2 Å². The molecule has 0 saturated carbocycles. The van der Waals surface area contributed by atoms with Gasteiger partial charge in [-0.1, -0.05) is 11.6 Å². The lowest BCUT2D eigenvalue weighted by Crippen LogP contribution is -2.03. The average molecular weight is 239 g/mol. The molecule has 0 fully saturated rings. The minimum Gasteiger partial charge on any atom is -0.404 e. The van der Waals surface area contributed by atoms with Crippen molar-refractivity contribution in [3.8, 4) is 0 Å². The van der Waals surface area contributed by atoms with Crippen LogP contribution in [0.25, 0.3) is 5.57 Å². The molecule has 0 aliphatic heterocycles. The van der Waals surface area contributed by atoms with Crippen molar-refractivity contribution >= 4 is 23.4 Å². The Kier molecular flexibility index (Phi) is 4.95. The number of nitrogens with zero attached hydrogens (tertiary/aromatic N) is 2. The minimum atomic E-state index is 0.469. The number of rotatable bonds is 4. The summed E-state index contributed by atoms with van der Waals surface area (Å²) in [4.78, 5) is 8.16. The van der Waals surface area contributed by atoms with Gasteiger partial charge in [-0.15, -0.1) is 0 Å². The molecule has 5 heteroatoms. The Balaban J connectivity index is 2.96. The third-order valence-corrected chi connectivity index (χ3v) is 2.26. The van der Waals surface area contributed by atoms with Gasteiger partial charge in [-0.3, -0.25) is 4.99 Å². The number of pyridine rings is 1. The van der Waals surface area contributed by atoms with Gasteiger partial charge in [0.05, 0.1) is 6.54 Å². The third-order valence-electron chi connectivity index (χ3n) is 2.06. The highest BCUT2D eigenvalue weighted by Gasteiger charge is 2.03. The maximum atomic E-state index is 5.78. The number of aryl methyl sites for hydroxylation is 1. The normalized spacial score (nSPS) is 12.3. The molecule has 0 atom stereocenters. The van der Waals surface area contributed by atoms with Crippen molar-refractivity contribution in [1.82, 2.24) is 4.98 Å². The number of hydrogen-bond donors (Lipinski definition) is 2. The van der Waals surface area contributed by atoms with Gasteiger partial charge in [-0.25, -0.2) is 4.98 Å². The van der Waals surface area contributed by atoms with Crippen LogP contribution in [-0.4, -0.2) is 24.3 Å². The Hall–Kier alpha value is -1.39. The van der Waals surface area contributed by atoms with Gasteiger partial charge < -0.3 is 11.5 Å². The number of nitrogens with two attached hydrogens (primary N) is 2. The summed E-state index contributed by atoms with van der Waals surface area (Å²) in [6, 6.07) is 1.79. The van der Waals surface area contributed by atoms with E-state index in [9.17, 15) is 0 Å². The number of aliphatic imine (C=N–C) groups is 1. The summed E-state index contributed by atoms with van der Waals surface area (Å²) in [6.07, 6.45) is 4.88. The van der Waals surface area contributed by atoms with E-state index in [4.69, 9.17) is 23.1 Å². The standard InChI is InChI=1S/C11H15ClN4/c1-8-4-11(12)16-7-10(8)9(5-14)6-15-3-2-13/h4-7H,2-3,13-14H2,1H3/b9-5+,15-6?. The van der Waals surface area contributed by atoms with Crippen LogP contribution >= 0.6 is 11.6 Å². The third kappa shape index (κ3) is 3.32. The van der Waals surface area contributed by atoms with E-state index in [0.717, 1.165) is 16.7 Å². The smallest absolute Gasteiger partial charge is 0.129 e. The van der Waals surface area contributed by atoms with Crippen molar-refractivity contribution in [3.05, 3.63) is 34.7 Å². The van der Waals surface area contributed by atoms with E-state index in [2.05, 4.69) is 9.98 Å². The molecule has 1 heterocycles. The topological polar surface area (TPSA) is 77.3 Å². The molecule has 0 radical (unpaired) electrons. The van der Waals surface area contributed by atoms with E-state index in [1.807, 2.05) is 6.92 Å². The fourth-order valence-corrected chi connectivity index (χ4v) is 1.48.